The molecule has 0 atom stereocenters. The van der Waals surface area contributed by atoms with E-state index in [2.05, 4.69) is 17.4 Å². The Morgan fingerprint density at radius 2 is 1.67 bits per heavy atom. The summed E-state index contributed by atoms with van der Waals surface area (Å²) in [4.78, 5) is 18.6. The first kappa shape index (κ1) is 36.6. The number of aromatic nitrogens is 2. The Morgan fingerprint density at radius 1 is 0.961 bits per heavy atom. The summed E-state index contributed by atoms with van der Waals surface area (Å²) in [7, 11) is 6.69. The fourth-order valence-electron chi connectivity index (χ4n) is 7.09. The molecule has 0 unspecified atom stereocenters. The van der Waals surface area contributed by atoms with E-state index in [0.717, 1.165) is 51.7 Å². The number of methoxy groups -OCH3 is 2. The van der Waals surface area contributed by atoms with Crippen LogP contribution in [0.1, 0.15) is 42.4 Å². The number of aliphatic carboxylic acids is 1. The maximum Gasteiger partial charge on any atom is 0.306 e. The van der Waals surface area contributed by atoms with E-state index in [1.54, 1.807) is 13.2 Å². The van der Waals surface area contributed by atoms with Crippen LogP contribution in [0.25, 0.3) is 33.2 Å². The van der Waals surface area contributed by atoms with Gasteiger partial charge < -0.3 is 19.4 Å². The van der Waals surface area contributed by atoms with Crippen molar-refractivity contribution in [2.75, 3.05) is 28.4 Å². The van der Waals surface area contributed by atoms with Crippen LogP contribution in [0.3, 0.4) is 0 Å². The van der Waals surface area contributed by atoms with E-state index in [4.69, 9.17) is 42.6 Å². The van der Waals surface area contributed by atoms with Gasteiger partial charge in [-0.05, 0) is 79.8 Å². The van der Waals surface area contributed by atoms with E-state index in [-0.39, 0.29) is 12.5 Å². The Hall–Kier alpha value is -4.19. The van der Waals surface area contributed by atoms with Crippen molar-refractivity contribution in [3.63, 3.8) is 0 Å². The Labute approximate surface area is 306 Å². The number of carboxylic acid groups (broad SMARTS) is 1. The molecular formula is C39H41Cl2FN4O5. The fourth-order valence-corrected chi connectivity index (χ4v) is 7.67. The lowest BCUT2D eigenvalue weighted by atomic mass is 9.85. The van der Waals surface area contributed by atoms with Gasteiger partial charge >= 0.3 is 5.97 Å². The molecule has 0 aliphatic heterocycles. The number of nitrogens with one attached hydrogen (secondary N) is 1. The number of benzene rings is 4. The van der Waals surface area contributed by atoms with Crippen LogP contribution in [0.15, 0.2) is 66.9 Å². The Bertz CT molecular complexity index is 2050. The van der Waals surface area contributed by atoms with Gasteiger partial charge in [0.25, 0.3) is 0 Å². The van der Waals surface area contributed by atoms with Gasteiger partial charge in [0, 0.05) is 45.2 Å². The van der Waals surface area contributed by atoms with Crippen LogP contribution in [0.2, 0.25) is 10.0 Å². The quantitative estimate of drug-likeness (QED) is 0.116. The van der Waals surface area contributed by atoms with Crippen LogP contribution < -0.4 is 15.0 Å². The average molecular weight is 736 g/mol. The minimum absolute atomic E-state index is 0.142. The van der Waals surface area contributed by atoms with Crippen LogP contribution in [-0.2, 0) is 29.3 Å². The van der Waals surface area contributed by atoms with E-state index in [1.165, 1.54) is 20.3 Å². The molecule has 2 N–H and O–H groups in total. The molecule has 1 heterocycles. The number of carbonyl (C=O) groups is 1. The van der Waals surface area contributed by atoms with Gasteiger partial charge in [0.15, 0.2) is 0 Å². The van der Waals surface area contributed by atoms with Crippen molar-refractivity contribution in [3.05, 3.63) is 99.4 Å². The highest BCUT2D eigenvalue weighted by Gasteiger charge is 2.28. The molecule has 1 aromatic heterocycles. The predicted octanol–water partition coefficient (Wildman–Crippen LogP) is 8.61. The molecule has 1 saturated carbocycles. The maximum absolute atomic E-state index is 15.3. The van der Waals surface area contributed by atoms with Gasteiger partial charge in [0.05, 0.1) is 57.1 Å². The van der Waals surface area contributed by atoms with Gasteiger partial charge in [-0.2, -0.15) is 10.6 Å². The highest BCUT2D eigenvalue weighted by Crippen LogP contribution is 2.41. The molecule has 1 fully saturated rings. The highest BCUT2D eigenvalue weighted by atomic mass is 35.5. The normalized spacial score (nSPS) is 16.2. The minimum atomic E-state index is -0.701. The van der Waals surface area contributed by atoms with Gasteiger partial charge in [-0.15, -0.1) is 0 Å². The number of nitrogens with zero attached hydrogens (tertiary/aromatic N) is 3. The molecule has 12 heteroatoms. The SMILES string of the molecule is CONCc1c(F)cc(-c2cccc(-c3cccc4c3cnn4Cc3cc(OC)c(CN(C)C4CCC(C(=O)O)CC4)cc3Cl)c2Cl)cc1OC. The second-order valence-electron chi connectivity index (χ2n) is 12.9. The van der Waals surface area contributed by atoms with Crippen molar-refractivity contribution >= 4 is 40.1 Å². The van der Waals surface area contributed by atoms with E-state index in [1.807, 2.05) is 59.4 Å². The lowest BCUT2D eigenvalue weighted by Gasteiger charge is -2.33. The van der Waals surface area contributed by atoms with E-state index < -0.39 is 11.8 Å². The topological polar surface area (TPSA) is 98.1 Å². The number of hydrogen-bond acceptors (Lipinski definition) is 7. The molecular weight excluding hydrogens is 694 g/mol. The third-order valence-electron chi connectivity index (χ3n) is 9.91. The molecule has 4 aromatic carbocycles. The second-order valence-corrected chi connectivity index (χ2v) is 13.7. The van der Waals surface area contributed by atoms with Gasteiger partial charge in [-0.3, -0.25) is 14.4 Å². The third-order valence-corrected chi connectivity index (χ3v) is 10.7. The molecule has 9 nitrogen and oxygen atoms in total. The summed E-state index contributed by atoms with van der Waals surface area (Å²) < 4.78 is 28.5. The largest absolute Gasteiger partial charge is 0.496 e. The summed E-state index contributed by atoms with van der Waals surface area (Å²) in [6.07, 6.45) is 4.89. The monoisotopic (exact) mass is 734 g/mol. The lowest BCUT2D eigenvalue weighted by molar-refractivity contribution is -0.143. The number of hydrogen-bond donors (Lipinski definition) is 2. The standard InChI is InChI=1S/C39H41Cl2FN4O5/c1-45(27-13-11-23(12-14-27)39(47)48)21-26-15-33(40)25(18-36(26)49-2)22-46-35-10-6-8-29(31(35)19-43-46)30-9-5-7-28(38(30)41)24-16-34(42)32(20-44-51-4)37(17-24)50-3/h5-10,15-19,23,27,44H,11-14,20-22H2,1-4H3,(H,47,48). The van der Waals surface area contributed by atoms with Crippen molar-refractivity contribution in [1.29, 1.82) is 0 Å². The van der Waals surface area contributed by atoms with Crippen molar-refractivity contribution in [3.8, 4) is 33.8 Å². The number of hydroxylamine groups is 1. The van der Waals surface area contributed by atoms with Crippen LogP contribution in [0.5, 0.6) is 11.5 Å². The summed E-state index contributed by atoms with van der Waals surface area (Å²) in [5, 5.41) is 16.1. The molecule has 268 valence electrons. The predicted molar refractivity (Wildman–Crippen MR) is 198 cm³/mol. The zero-order valence-corrected chi connectivity index (χ0v) is 30.5. The fraction of sp³-hybridized carbons (Fsp3) is 0.333. The molecule has 1 aliphatic rings. The first-order chi connectivity index (χ1) is 24.6. The van der Waals surface area contributed by atoms with Crippen LogP contribution in [0.4, 0.5) is 4.39 Å². The molecule has 0 spiro atoms. The van der Waals surface area contributed by atoms with Crippen molar-refractivity contribution in [2.24, 2.45) is 5.92 Å². The van der Waals surface area contributed by atoms with Gasteiger partial charge in [0.1, 0.15) is 17.3 Å². The van der Waals surface area contributed by atoms with Crippen LogP contribution >= 0.6 is 23.2 Å². The van der Waals surface area contributed by atoms with Crippen LogP contribution in [-0.4, -0.2) is 60.2 Å². The number of halogens is 3. The Morgan fingerprint density at radius 3 is 2.37 bits per heavy atom. The summed E-state index contributed by atoms with van der Waals surface area (Å²) >= 11 is 14.0. The summed E-state index contributed by atoms with van der Waals surface area (Å²) in [5.41, 5.74) is 8.66. The van der Waals surface area contributed by atoms with Gasteiger partial charge in [-0.1, -0.05) is 53.5 Å². The number of fused-ring (bicyclic) bond motifs is 1. The maximum atomic E-state index is 15.3. The summed E-state index contributed by atoms with van der Waals surface area (Å²) in [5.74, 6) is -0.272. The van der Waals surface area contributed by atoms with Crippen molar-refractivity contribution in [2.45, 2.75) is 51.4 Å². The van der Waals surface area contributed by atoms with E-state index >= 15 is 4.39 Å². The molecule has 1 aliphatic carbocycles. The minimum Gasteiger partial charge on any atom is -0.496 e. The number of carboxylic acids is 1. The van der Waals surface area contributed by atoms with Crippen molar-refractivity contribution in [1.82, 2.24) is 20.2 Å². The van der Waals surface area contributed by atoms with E-state index in [9.17, 15) is 9.90 Å². The zero-order chi connectivity index (χ0) is 36.2. The highest BCUT2D eigenvalue weighted by molar-refractivity contribution is 6.36. The molecule has 51 heavy (non-hydrogen) atoms. The number of ether oxygens (including phenoxy) is 2. The van der Waals surface area contributed by atoms with Crippen molar-refractivity contribution < 1.29 is 28.6 Å². The van der Waals surface area contributed by atoms with Gasteiger partial charge in [-0.25, -0.2) is 4.39 Å². The third kappa shape index (κ3) is 7.71. The molecule has 0 saturated heterocycles. The lowest BCUT2D eigenvalue weighted by Crippen LogP contribution is -2.36. The Balaban J connectivity index is 1.26. The van der Waals surface area contributed by atoms with Crippen LogP contribution in [0, 0.1) is 11.7 Å². The first-order valence-electron chi connectivity index (χ1n) is 16.8. The molecule has 6 rings (SSSR count). The zero-order valence-electron chi connectivity index (χ0n) is 29.0. The first-order valence-corrected chi connectivity index (χ1v) is 17.5. The summed E-state index contributed by atoms with van der Waals surface area (Å²) in [6.45, 7) is 1.19. The van der Waals surface area contributed by atoms with Gasteiger partial charge in [0.2, 0.25) is 0 Å². The second kappa shape index (κ2) is 16.0. The molecule has 0 amide bonds. The Kier molecular flexibility index (Phi) is 11.5. The molecule has 0 radical (unpaired) electrons. The van der Waals surface area contributed by atoms with E-state index in [0.29, 0.717) is 64.5 Å². The number of rotatable bonds is 13. The molecule has 0 bridgehead atoms. The average Bonchev–Trinajstić information content (AvgIpc) is 3.54. The summed E-state index contributed by atoms with van der Waals surface area (Å²) in [6, 6.07) is 19.1. The smallest absolute Gasteiger partial charge is 0.306 e. The molecule has 5 aromatic rings.